The molecule has 0 spiro atoms. The molecule has 0 bridgehead atoms. The van der Waals surface area contributed by atoms with Gasteiger partial charge in [-0.3, -0.25) is 9.59 Å². The molecule has 36 heavy (non-hydrogen) atoms. The number of benzene rings is 4. The number of amides is 2. The molecule has 4 aromatic carbocycles. The molecular weight excluding hydrogens is 538 g/mol. The van der Waals surface area contributed by atoms with Crippen molar-refractivity contribution in [2.24, 2.45) is 0 Å². The van der Waals surface area contributed by atoms with E-state index in [1.807, 2.05) is 90.7 Å². The molecule has 7 heteroatoms. The van der Waals surface area contributed by atoms with Crippen molar-refractivity contribution in [2.45, 2.75) is 6.92 Å². The number of anilines is 2. The second kappa shape index (κ2) is 10.3. The summed E-state index contributed by atoms with van der Waals surface area (Å²) in [6.45, 7) is 4.38. The lowest BCUT2D eigenvalue weighted by atomic mass is 10.0. The van der Waals surface area contributed by atoms with Crippen LogP contribution in [0.1, 0.15) is 26.3 Å². The summed E-state index contributed by atoms with van der Waals surface area (Å²) in [5.74, 6) is -0.167. The number of nitrogens with one attached hydrogen (secondary N) is 1. The monoisotopic (exact) mass is 561 g/mol. The van der Waals surface area contributed by atoms with Gasteiger partial charge in [0, 0.05) is 41.8 Å². The zero-order chi connectivity index (χ0) is 25.2. The Hall–Kier alpha value is -3.35. The SMILES string of the molecule is Cc1ccc(C(=O)N2CCN(c3c(Cl)cccc3NC(=O)c3cccc4c(Br)cccc34)CC2)cc1. The van der Waals surface area contributed by atoms with E-state index in [9.17, 15) is 9.59 Å². The summed E-state index contributed by atoms with van der Waals surface area (Å²) < 4.78 is 0.941. The van der Waals surface area contributed by atoms with Crippen LogP contribution in [0.25, 0.3) is 10.8 Å². The van der Waals surface area contributed by atoms with Gasteiger partial charge in [-0.1, -0.05) is 75.6 Å². The lowest BCUT2D eigenvalue weighted by Crippen LogP contribution is -2.49. The van der Waals surface area contributed by atoms with Gasteiger partial charge in [-0.15, -0.1) is 0 Å². The molecule has 0 aromatic heterocycles. The van der Waals surface area contributed by atoms with E-state index in [4.69, 9.17) is 11.6 Å². The lowest BCUT2D eigenvalue weighted by molar-refractivity contribution is 0.0746. The first-order valence-electron chi connectivity index (χ1n) is 11.8. The fourth-order valence-electron chi connectivity index (χ4n) is 4.61. The normalized spacial score (nSPS) is 13.6. The second-order valence-electron chi connectivity index (χ2n) is 8.88. The smallest absolute Gasteiger partial charge is 0.256 e. The van der Waals surface area contributed by atoms with E-state index in [1.54, 1.807) is 0 Å². The molecule has 1 N–H and O–H groups in total. The van der Waals surface area contributed by atoms with E-state index in [0.29, 0.717) is 48.0 Å². The van der Waals surface area contributed by atoms with Crippen molar-refractivity contribution in [1.82, 2.24) is 4.90 Å². The first-order valence-corrected chi connectivity index (χ1v) is 13.0. The van der Waals surface area contributed by atoms with E-state index < -0.39 is 0 Å². The Morgan fingerprint density at radius 1 is 0.833 bits per heavy atom. The quantitative estimate of drug-likeness (QED) is 0.298. The van der Waals surface area contributed by atoms with Crippen LogP contribution < -0.4 is 10.2 Å². The number of nitrogens with zero attached hydrogens (tertiary/aromatic N) is 2. The molecule has 1 fully saturated rings. The molecule has 5 nitrogen and oxygen atoms in total. The Kier molecular flexibility index (Phi) is 6.99. The second-order valence-corrected chi connectivity index (χ2v) is 10.1. The van der Waals surface area contributed by atoms with Crippen LogP contribution in [0.2, 0.25) is 5.02 Å². The minimum absolute atomic E-state index is 0.0319. The Balaban J connectivity index is 1.35. The molecule has 1 heterocycles. The number of piperazine rings is 1. The number of hydrogen-bond donors (Lipinski definition) is 1. The topological polar surface area (TPSA) is 52.7 Å². The van der Waals surface area contributed by atoms with Crippen LogP contribution in [0.5, 0.6) is 0 Å². The molecule has 1 aliphatic heterocycles. The highest BCUT2D eigenvalue weighted by molar-refractivity contribution is 9.10. The molecule has 2 amide bonds. The summed E-state index contributed by atoms with van der Waals surface area (Å²) in [7, 11) is 0. The Labute approximate surface area is 223 Å². The molecule has 5 rings (SSSR count). The van der Waals surface area contributed by atoms with Crippen LogP contribution >= 0.6 is 27.5 Å². The van der Waals surface area contributed by atoms with Gasteiger partial charge in [0.25, 0.3) is 11.8 Å². The number of halogens is 2. The third-order valence-electron chi connectivity index (χ3n) is 6.53. The molecular formula is C29H25BrClN3O2. The summed E-state index contributed by atoms with van der Waals surface area (Å²) in [5, 5.41) is 5.49. The molecule has 0 radical (unpaired) electrons. The maximum atomic E-state index is 13.4. The van der Waals surface area contributed by atoms with Gasteiger partial charge >= 0.3 is 0 Å². The van der Waals surface area contributed by atoms with Crippen molar-refractivity contribution in [3.05, 3.63) is 105 Å². The summed E-state index contributed by atoms with van der Waals surface area (Å²) in [6.07, 6.45) is 0. The highest BCUT2D eigenvalue weighted by atomic mass is 79.9. The van der Waals surface area contributed by atoms with Crippen LogP contribution in [-0.2, 0) is 0 Å². The van der Waals surface area contributed by atoms with E-state index in [1.165, 1.54) is 0 Å². The van der Waals surface area contributed by atoms with Crippen LogP contribution in [-0.4, -0.2) is 42.9 Å². The van der Waals surface area contributed by atoms with Gasteiger partial charge < -0.3 is 15.1 Å². The maximum Gasteiger partial charge on any atom is 0.256 e. The van der Waals surface area contributed by atoms with Gasteiger partial charge in [0.15, 0.2) is 0 Å². The van der Waals surface area contributed by atoms with Gasteiger partial charge in [0.1, 0.15) is 0 Å². The van der Waals surface area contributed by atoms with Crippen LogP contribution in [0.4, 0.5) is 11.4 Å². The predicted molar refractivity (Wildman–Crippen MR) is 150 cm³/mol. The van der Waals surface area contributed by atoms with E-state index in [-0.39, 0.29) is 11.8 Å². The molecule has 0 saturated carbocycles. The Morgan fingerprint density at radius 2 is 1.50 bits per heavy atom. The van der Waals surface area contributed by atoms with Crippen molar-refractivity contribution in [3.8, 4) is 0 Å². The minimum Gasteiger partial charge on any atom is -0.365 e. The summed E-state index contributed by atoms with van der Waals surface area (Å²) in [6, 6.07) is 24.7. The van der Waals surface area contributed by atoms with E-state index in [0.717, 1.165) is 26.5 Å². The first kappa shape index (κ1) is 24.3. The largest absolute Gasteiger partial charge is 0.365 e. The number of carbonyl (C=O) groups excluding carboxylic acids is 2. The number of aryl methyl sites for hydroxylation is 1. The average Bonchev–Trinajstić information content (AvgIpc) is 2.89. The van der Waals surface area contributed by atoms with Crippen molar-refractivity contribution in [3.63, 3.8) is 0 Å². The fourth-order valence-corrected chi connectivity index (χ4v) is 5.40. The van der Waals surface area contributed by atoms with Crippen molar-refractivity contribution < 1.29 is 9.59 Å². The standard InChI is InChI=1S/C29H25BrClN3O2/c1-19-11-13-20(14-12-19)29(36)34-17-15-33(16-18-34)27-25(31)9-4-10-26(27)32-28(35)23-7-2-6-22-21(23)5-3-8-24(22)30/h2-14H,15-18H2,1H3,(H,32,35). The number of fused-ring (bicyclic) bond motifs is 1. The average molecular weight is 563 g/mol. The molecule has 4 aromatic rings. The number of para-hydroxylation sites is 1. The number of carbonyl (C=O) groups is 2. The van der Waals surface area contributed by atoms with Gasteiger partial charge in [-0.05, 0) is 54.1 Å². The number of rotatable bonds is 4. The molecule has 0 aliphatic carbocycles. The predicted octanol–water partition coefficient (Wildman–Crippen LogP) is 6.78. The van der Waals surface area contributed by atoms with Crippen LogP contribution in [0, 0.1) is 6.92 Å². The molecule has 182 valence electrons. The Morgan fingerprint density at radius 3 is 2.25 bits per heavy atom. The van der Waals surface area contributed by atoms with E-state index >= 15 is 0 Å². The molecule has 0 unspecified atom stereocenters. The molecule has 1 saturated heterocycles. The van der Waals surface area contributed by atoms with Crippen LogP contribution in [0.3, 0.4) is 0 Å². The zero-order valence-corrected chi connectivity index (χ0v) is 22.1. The summed E-state index contributed by atoms with van der Waals surface area (Å²) >= 11 is 10.2. The summed E-state index contributed by atoms with van der Waals surface area (Å²) in [4.78, 5) is 30.3. The molecule has 1 aliphatic rings. The highest BCUT2D eigenvalue weighted by Crippen LogP contribution is 2.35. The highest BCUT2D eigenvalue weighted by Gasteiger charge is 2.25. The first-order chi connectivity index (χ1) is 17.4. The fraction of sp³-hybridized carbons (Fsp3) is 0.172. The lowest BCUT2D eigenvalue weighted by Gasteiger charge is -2.37. The van der Waals surface area contributed by atoms with Crippen molar-refractivity contribution in [1.29, 1.82) is 0 Å². The van der Waals surface area contributed by atoms with Gasteiger partial charge in [-0.2, -0.15) is 0 Å². The zero-order valence-electron chi connectivity index (χ0n) is 19.8. The van der Waals surface area contributed by atoms with Gasteiger partial charge in [0.2, 0.25) is 0 Å². The van der Waals surface area contributed by atoms with Gasteiger partial charge in [-0.25, -0.2) is 0 Å². The minimum atomic E-state index is -0.199. The third-order valence-corrected chi connectivity index (χ3v) is 7.53. The van der Waals surface area contributed by atoms with E-state index in [2.05, 4.69) is 26.1 Å². The van der Waals surface area contributed by atoms with Crippen LogP contribution in [0.15, 0.2) is 83.3 Å². The summed E-state index contributed by atoms with van der Waals surface area (Å²) in [5.41, 5.74) is 3.84. The third kappa shape index (κ3) is 4.84. The maximum absolute atomic E-state index is 13.4. The molecule has 0 atom stereocenters. The van der Waals surface area contributed by atoms with Crippen molar-refractivity contribution in [2.75, 3.05) is 36.4 Å². The number of hydrogen-bond acceptors (Lipinski definition) is 3. The van der Waals surface area contributed by atoms with Gasteiger partial charge in [0.05, 0.1) is 16.4 Å². The Bertz CT molecular complexity index is 1450. The van der Waals surface area contributed by atoms with Crippen molar-refractivity contribution >= 4 is 61.5 Å².